The molecule has 2 amide bonds. The first-order chi connectivity index (χ1) is 14.8. The Kier molecular flexibility index (Phi) is 6.10. The molecule has 0 aromatic carbocycles. The predicted octanol–water partition coefficient (Wildman–Crippen LogP) is 0.647. The van der Waals surface area contributed by atoms with Crippen LogP contribution in [0, 0.1) is 0 Å². The second kappa shape index (κ2) is 8.65. The van der Waals surface area contributed by atoms with E-state index in [4.69, 9.17) is 26.9 Å². The van der Waals surface area contributed by atoms with Gasteiger partial charge >= 0.3 is 5.97 Å². The molecule has 3 atom stereocenters. The van der Waals surface area contributed by atoms with Gasteiger partial charge in [0, 0.05) is 12.4 Å². The van der Waals surface area contributed by atoms with Gasteiger partial charge in [-0.2, -0.15) is 0 Å². The zero-order valence-electron chi connectivity index (χ0n) is 16.2. The van der Waals surface area contributed by atoms with Crippen molar-refractivity contribution in [3.63, 3.8) is 0 Å². The quantitative estimate of drug-likeness (QED) is 0.297. The molecule has 166 valence electrons. The number of hydrogen-bond acceptors (Lipinski definition) is 10. The maximum absolute atomic E-state index is 12.8. The van der Waals surface area contributed by atoms with E-state index in [1.807, 2.05) is 0 Å². The number of thiazole rings is 1. The third kappa shape index (κ3) is 3.86. The molecule has 11 nitrogen and oxygen atoms in total. The summed E-state index contributed by atoms with van der Waals surface area (Å²) < 4.78 is 5.77. The van der Waals surface area contributed by atoms with Crippen LogP contribution in [-0.4, -0.2) is 75.5 Å². The van der Waals surface area contributed by atoms with Crippen molar-refractivity contribution in [1.29, 1.82) is 0 Å². The largest absolute Gasteiger partial charge is 0.477 e. The summed E-state index contributed by atoms with van der Waals surface area (Å²) in [5.74, 6) is -2.07. The number of amides is 2. The Morgan fingerprint density at radius 3 is 2.84 bits per heavy atom. The summed E-state index contributed by atoms with van der Waals surface area (Å²) in [5, 5.41) is 15.6. The van der Waals surface area contributed by atoms with E-state index in [-0.39, 0.29) is 32.7 Å². The lowest BCUT2D eigenvalue weighted by atomic mass is 9.99. The molecule has 31 heavy (non-hydrogen) atoms. The van der Waals surface area contributed by atoms with Crippen molar-refractivity contribution in [2.45, 2.75) is 30.4 Å². The van der Waals surface area contributed by atoms with Crippen LogP contribution in [0.25, 0.3) is 0 Å². The fraction of sp³-hybridized carbons (Fsp3) is 0.471. The van der Waals surface area contributed by atoms with E-state index in [1.54, 1.807) is 0 Å². The number of carboxylic acids is 1. The molecule has 0 bridgehead atoms. The number of thioether (sulfide) groups is 1. The molecule has 3 aliphatic heterocycles. The summed E-state index contributed by atoms with van der Waals surface area (Å²) in [6.45, 7) is 0.563. The first-order valence-corrected chi connectivity index (χ1v) is 11.4. The Labute approximate surface area is 189 Å². The number of ether oxygens (including phenoxy) is 1. The van der Waals surface area contributed by atoms with Crippen LogP contribution in [0.5, 0.6) is 0 Å². The van der Waals surface area contributed by atoms with Gasteiger partial charge in [-0.1, -0.05) is 28.1 Å². The van der Waals surface area contributed by atoms with Gasteiger partial charge in [0.25, 0.3) is 11.8 Å². The van der Waals surface area contributed by atoms with Crippen molar-refractivity contribution in [3.8, 4) is 0 Å². The average molecular weight is 488 g/mol. The van der Waals surface area contributed by atoms with Crippen molar-refractivity contribution in [3.05, 3.63) is 21.3 Å². The number of anilines is 1. The summed E-state index contributed by atoms with van der Waals surface area (Å²) in [7, 11) is 1.25. The van der Waals surface area contributed by atoms with E-state index in [9.17, 15) is 19.5 Å². The lowest BCUT2D eigenvalue weighted by molar-refractivity contribution is -0.150. The number of fused-ring (bicyclic) bond motifs is 1. The predicted molar refractivity (Wildman–Crippen MR) is 114 cm³/mol. The van der Waals surface area contributed by atoms with Gasteiger partial charge in [-0.15, -0.1) is 11.8 Å². The molecule has 14 heteroatoms. The molecule has 4 rings (SSSR count). The van der Waals surface area contributed by atoms with Crippen LogP contribution in [0.15, 0.2) is 16.4 Å². The molecule has 1 aromatic heterocycles. The van der Waals surface area contributed by atoms with Gasteiger partial charge in [-0.25, -0.2) is 9.78 Å². The molecule has 0 saturated carbocycles. The van der Waals surface area contributed by atoms with Crippen molar-refractivity contribution < 1.29 is 29.1 Å². The summed E-state index contributed by atoms with van der Waals surface area (Å²) in [4.78, 5) is 47.5. The van der Waals surface area contributed by atoms with E-state index in [2.05, 4.69) is 15.5 Å². The summed E-state index contributed by atoms with van der Waals surface area (Å²) in [5.41, 5.74) is 5.96. The maximum Gasteiger partial charge on any atom is 0.352 e. The van der Waals surface area contributed by atoms with Crippen LogP contribution in [0.1, 0.15) is 18.5 Å². The normalized spacial score (nSPS) is 25.9. The van der Waals surface area contributed by atoms with Crippen molar-refractivity contribution in [1.82, 2.24) is 15.2 Å². The first-order valence-electron chi connectivity index (χ1n) is 9.20. The standard InChI is InChI=1S/C17H18ClN5O6S2/c1-28-22-9(8-12(18)31-17(19)21-8)13(24)20-10-14(25)23-11(16(26)27)6(5-30-15(10)23)7-3-2-4-29-7/h7,10,15H,2-5H2,1H3,(H2,19,21)(H,20,24)(H,26,27)/b22-9-/t7-,10+,15+/m0/s1. The molecule has 4 N–H and O–H groups in total. The zero-order valence-corrected chi connectivity index (χ0v) is 18.6. The number of oxime groups is 1. The lowest BCUT2D eigenvalue weighted by Crippen LogP contribution is -2.71. The fourth-order valence-corrected chi connectivity index (χ4v) is 6.03. The molecule has 3 aliphatic rings. The smallest absolute Gasteiger partial charge is 0.352 e. The van der Waals surface area contributed by atoms with Gasteiger partial charge in [0.1, 0.15) is 34.3 Å². The molecular weight excluding hydrogens is 470 g/mol. The van der Waals surface area contributed by atoms with E-state index in [0.717, 1.165) is 17.8 Å². The Balaban J connectivity index is 1.55. The third-order valence-corrected chi connectivity index (χ3v) is 7.42. The van der Waals surface area contributed by atoms with Gasteiger partial charge < -0.3 is 25.7 Å². The molecule has 4 heterocycles. The Hall–Kier alpha value is -2.35. The fourth-order valence-electron chi connectivity index (χ4n) is 3.70. The number of nitrogen functional groups attached to an aromatic ring is 1. The molecule has 0 spiro atoms. The molecule has 0 unspecified atom stereocenters. The lowest BCUT2D eigenvalue weighted by Gasteiger charge is -2.49. The summed E-state index contributed by atoms with van der Waals surface area (Å²) >= 11 is 8.41. The second-order valence-electron chi connectivity index (χ2n) is 6.84. The monoisotopic (exact) mass is 487 g/mol. The Morgan fingerprint density at radius 2 is 2.26 bits per heavy atom. The van der Waals surface area contributed by atoms with Crippen LogP contribution in [0.3, 0.4) is 0 Å². The van der Waals surface area contributed by atoms with Crippen molar-refractivity contribution in [2.75, 3.05) is 25.2 Å². The molecular formula is C17H18ClN5O6S2. The van der Waals surface area contributed by atoms with Gasteiger partial charge in [0.2, 0.25) is 0 Å². The molecule has 1 aromatic rings. The molecule has 2 fully saturated rings. The van der Waals surface area contributed by atoms with Crippen LogP contribution < -0.4 is 11.1 Å². The van der Waals surface area contributed by atoms with Crippen LogP contribution >= 0.6 is 34.7 Å². The first kappa shape index (κ1) is 21.9. The van der Waals surface area contributed by atoms with E-state index in [0.29, 0.717) is 24.4 Å². The van der Waals surface area contributed by atoms with E-state index in [1.165, 1.54) is 23.8 Å². The minimum Gasteiger partial charge on any atom is -0.477 e. The van der Waals surface area contributed by atoms with E-state index >= 15 is 0 Å². The third-order valence-electron chi connectivity index (χ3n) is 5.03. The molecule has 0 aliphatic carbocycles. The van der Waals surface area contributed by atoms with Gasteiger partial charge in [0.15, 0.2) is 10.8 Å². The second-order valence-corrected chi connectivity index (χ2v) is 9.58. The summed E-state index contributed by atoms with van der Waals surface area (Å²) in [6, 6.07) is -0.935. The highest BCUT2D eigenvalue weighted by molar-refractivity contribution is 8.00. The number of carbonyl (C=O) groups excluding carboxylic acids is 2. The number of halogens is 1. The van der Waals surface area contributed by atoms with Crippen molar-refractivity contribution in [2.24, 2.45) is 5.16 Å². The minimum absolute atomic E-state index is 0.0373. The van der Waals surface area contributed by atoms with Crippen molar-refractivity contribution >= 4 is 63.3 Å². The molecule has 0 radical (unpaired) electrons. The number of nitrogens with one attached hydrogen (secondary N) is 1. The highest BCUT2D eigenvalue weighted by atomic mass is 35.5. The van der Waals surface area contributed by atoms with Gasteiger partial charge in [-0.3, -0.25) is 14.5 Å². The van der Waals surface area contributed by atoms with E-state index < -0.39 is 29.2 Å². The average Bonchev–Trinajstić information content (AvgIpc) is 3.38. The SMILES string of the molecule is CO/N=C(\C(=O)N[C@@H]1C(=O)N2C(C(=O)O)=C([C@@H]3CCCO3)CS[C@H]12)c1nc(N)sc1Cl. The number of aromatic nitrogens is 1. The van der Waals surface area contributed by atoms with Crippen LogP contribution in [0.2, 0.25) is 4.34 Å². The number of nitrogens with two attached hydrogens (primary N) is 1. The Bertz CT molecular complexity index is 1010. The number of rotatable bonds is 6. The Morgan fingerprint density at radius 1 is 1.48 bits per heavy atom. The summed E-state index contributed by atoms with van der Waals surface area (Å²) in [6.07, 6.45) is 1.25. The van der Waals surface area contributed by atoms with Gasteiger partial charge in [-0.05, 0) is 18.4 Å². The number of hydrogen-bond donors (Lipinski definition) is 3. The number of aliphatic carboxylic acids is 1. The minimum atomic E-state index is -1.19. The number of β-lactam (4-membered cyclic amide) rings is 1. The zero-order chi connectivity index (χ0) is 22.3. The molecule has 2 saturated heterocycles. The highest BCUT2D eigenvalue weighted by Gasteiger charge is 2.55. The highest BCUT2D eigenvalue weighted by Crippen LogP contribution is 2.42. The topological polar surface area (TPSA) is 156 Å². The number of nitrogens with zero attached hydrogens (tertiary/aromatic N) is 3. The van der Waals surface area contributed by atoms with Crippen LogP contribution in [-0.2, 0) is 24.0 Å². The number of carboxylic acid groups (broad SMARTS) is 1. The van der Waals surface area contributed by atoms with Gasteiger partial charge in [0.05, 0.1) is 6.10 Å². The van der Waals surface area contributed by atoms with Crippen LogP contribution in [0.4, 0.5) is 5.13 Å². The maximum atomic E-state index is 12.8. The number of carbonyl (C=O) groups is 3.